The predicted octanol–water partition coefficient (Wildman–Crippen LogP) is 4.54. The van der Waals surface area contributed by atoms with Gasteiger partial charge in [0.1, 0.15) is 5.15 Å². The summed E-state index contributed by atoms with van der Waals surface area (Å²) in [5.74, 6) is 0. The van der Waals surface area contributed by atoms with E-state index in [2.05, 4.69) is 21.7 Å². The number of anilines is 1. The zero-order valence-corrected chi connectivity index (χ0v) is 21.4. The fraction of sp³-hybridized carbons (Fsp3) is 0.360. The Bertz CT molecular complexity index is 1280. The van der Waals surface area contributed by atoms with Gasteiger partial charge in [0.05, 0.1) is 33.8 Å². The first-order valence-electron chi connectivity index (χ1n) is 11.4. The maximum atomic E-state index is 13.1. The first-order chi connectivity index (χ1) is 16.7. The number of carbonyl (C=O) groups excluding carboxylic acids is 1. The van der Waals surface area contributed by atoms with Gasteiger partial charge in [0.25, 0.3) is 0 Å². The Balaban J connectivity index is 1.69. The van der Waals surface area contributed by atoms with E-state index in [1.807, 2.05) is 25.1 Å². The standard InChI is InChI=1S/C25H27ClN6O2S/c1-4-18-11-17(12-20(26)29-18)22-21(16-7-5-6-15(10-16)13-27)30-23(35-22)31-24(33)32-9-8-28-19(14-32)25(2,3)34/h5-7,10-12,19,28,34H,4,8-9,14H2,1-3H3,(H,30,31,33)/t19-/m0/s1. The number of nitrogens with zero attached hydrogens (tertiary/aromatic N) is 4. The molecule has 3 heterocycles. The van der Waals surface area contributed by atoms with Gasteiger partial charge in [-0.05, 0) is 50.1 Å². The fourth-order valence-corrected chi connectivity index (χ4v) is 5.13. The fourth-order valence-electron chi connectivity index (χ4n) is 3.94. The molecule has 1 saturated heterocycles. The van der Waals surface area contributed by atoms with Gasteiger partial charge in [0.2, 0.25) is 0 Å². The summed E-state index contributed by atoms with van der Waals surface area (Å²) in [4.78, 5) is 24.7. The molecule has 0 bridgehead atoms. The SMILES string of the molecule is CCc1cc(-c2sc(NC(=O)N3CCN[C@H](C(C)(C)O)C3)nc2-c2cccc(C#N)c2)cc(Cl)n1. The van der Waals surface area contributed by atoms with E-state index in [-0.39, 0.29) is 12.1 Å². The lowest BCUT2D eigenvalue weighted by Gasteiger charge is -2.39. The average Bonchev–Trinajstić information content (AvgIpc) is 3.27. The largest absolute Gasteiger partial charge is 0.389 e. The molecule has 35 heavy (non-hydrogen) atoms. The number of halogens is 1. The number of aromatic nitrogens is 2. The number of nitrogens with one attached hydrogen (secondary N) is 2. The van der Waals surface area contributed by atoms with Crippen LogP contribution in [-0.2, 0) is 6.42 Å². The van der Waals surface area contributed by atoms with Crippen molar-refractivity contribution in [3.63, 3.8) is 0 Å². The minimum absolute atomic E-state index is 0.232. The summed E-state index contributed by atoms with van der Waals surface area (Å²) >= 11 is 7.64. The molecule has 0 unspecified atom stereocenters. The van der Waals surface area contributed by atoms with Gasteiger partial charge in [-0.2, -0.15) is 5.26 Å². The highest BCUT2D eigenvalue weighted by Gasteiger charge is 2.33. The summed E-state index contributed by atoms with van der Waals surface area (Å²) in [7, 11) is 0. The highest BCUT2D eigenvalue weighted by Crippen LogP contribution is 2.40. The van der Waals surface area contributed by atoms with Crippen LogP contribution in [0.5, 0.6) is 0 Å². The van der Waals surface area contributed by atoms with Gasteiger partial charge in [-0.25, -0.2) is 14.8 Å². The molecule has 8 nitrogen and oxygen atoms in total. The monoisotopic (exact) mass is 510 g/mol. The predicted molar refractivity (Wildman–Crippen MR) is 139 cm³/mol. The smallest absolute Gasteiger partial charge is 0.323 e. The first kappa shape index (κ1) is 25.1. The molecular formula is C25H27ClN6O2S. The van der Waals surface area contributed by atoms with Gasteiger partial charge in [-0.1, -0.05) is 42.0 Å². The van der Waals surface area contributed by atoms with Crippen LogP contribution in [0.25, 0.3) is 21.7 Å². The normalized spacial score (nSPS) is 16.1. The van der Waals surface area contributed by atoms with Crippen molar-refractivity contribution in [3.8, 4) is 27.8 Å². The number of carbonyl (C=O) groups is 1. The first-order valence-corrected chi connectivity index (χ1v) is 12.6. The van der Waals surface area contributed by atoms with E-state index in [0.29, 0.717) is 41.2 Å². The molecule has 10 heteroatoms. The Hall–Kier alpha value is -3.03. The van der Waals surface area contributed by atoms with Crippen LogP contribution in [0.2, 0.25) is 5.15 Å². The van der Waals surface area contributed by atoms with E-state index < -0.39 is 5.60 Å². The van der Waals surface area contributed by atoms with Crippen molar-refractivity contribution in [1.29, 1.82) is 5.26 Å². The van der Waals surface area contributed by atoms with E-state index in [1.165, 1.54) is 11.3 Å². The van der Waals surface area contributed by atoms with Crippen LogP contribution in [0, 0.1) is 11.3 Å². The minimum Gasteiger partial charge on any atom is -0.389 e. The molecule has 3 N–H and O–H groups in total. The summed E-state index contributed by atoms with van der Waals surface area (Å²) in [5, 5.41) is 26.7. The number of hydrogen-bond donors (Lipinski definition) is 3. The Kier molecular flexibility index (Phi) is 7.38. The molecule has 2 amide bonds. The highest BCUT2D eigenvalue weighted by atomic mass is 35.5. The lowest BCUT2D eigenvalue weighted by atomic mass is 9.97. The van der Waals surface area contributed by atoms with Crippen molar-refractivity contribution in [2.45, 2.75) is 38.8 Å². The summed E-state index contributed by atoms with van der Waals surface area (Å²) < 4.78 is 0. The van der Waals surface area contributed by atoms with Crippen LogP contribution in [0.15, 0.2) is 36.4 Å². The summed E-state index contributed by atoms with van der Waals surface area (Å²) in [6.45, 7) is 6.95. The quantitative estimate of drug-likeness (QED) is 0.434. The highest BCUT2D eigenvalue weighted by molar-refractivity contribution is 7.19. The number of nitriles is 1. The maximum absolute atomic E-state index is 13.1. The molecule has 1 aliphatic heterocycles. The van der Waals surface area contributed by atoms with Gasteiger partial charge >= 0.3 is 6.03 Å². The number of piperazine rings is 1. The van der Waals surface area contributed by atoms with Crippen LogP contribution in [0.4, 0.5) is 9.93 Å². The lowest BCUT2D eigenvalue weighted by Crippen LogP contribution is -2.60. The van der Waals surface area contributed by atoms with Crippen molar-refractivity contribution in [2.75, 3.05) is 25.0 Å². The van der Waals surface area contributed by atoms with Crippen LogP contribution < -0.4 is 10.6 Å². The van der Waals surface area contributed by atoms with E-state index >= 15 is 0 Å². The number of aryl methyl sites for hydroxylation is 1. The van der Waals surface area contributed by atoms with Crippen molar-refractivity contribution >= 4 is 34.1 Å². The third-order valence-electron chi connectivity index (χ3n) is 5.89. The lowest BCUT2D eigenvalue weighted by molar-refractivity contribution is 0.0174. The van der Waals surface area contributed by atoms with Gasteiger partial charge < -0.3 is 15.3 Å². The zero-order valence-electron chi connectivity index (χ0n) is 19.8. The van der Waals surface area contributed by atoms with Crippen molar-refractivity contribution in [2.24, 2.45) is 0 Å². The minimum atomic E-state index is -0.955. The number of thiazole rings is 1. The van der Waals surface area contributed by atoms with Crippen molar-refractivity contribution in [3.05, 3.63) is 52.8 Å². The topological polar surface area (TPSA) is 114 Å². The average molecular weight is 511 g/mol. The van der Waals surface area contributed by atoms with Crippen molar-refractivity contribution < 1.29 is 9.90 Å². The number of pyridine rings is 1. The molecule has 0 radical (unpaired) electrons. The molecule has 1 fully saturated rings. The molecule has 1 atom stereocenters. The molecule has 0 aliphatic carbocycles. The number of aliphatic hydroxyl groups is 1. The van der Waals surface area contributed by atoms with E-state index in [4.69, 9.17) is 16.6 Å². The Labute approximate surface area is 213 Å². The number of urea groups is 1. The molecule has 4 rings (SSSR count). The summed E-state index contributed by atoms with van der Waals surface area (Å²) in [5.41, 5.74) is 2.69. The van der Waals surface area contributed by atoms with Gasteiger partial charge in [-0.15, -0.1) is 0 Å². The molecule has 182 valence electrons. The molecule has 1 aromatic carbocycles. The number of benzene rings is 1. The second-order valence-corrected chi connectivity index (χ2v) is 10.3. The maximum Gasteiger partial charge on any atom is 0.323 e. The van der Waals surface area contributed by atoms with Gasteiger partial charge in [0.15, 0.2) is 5.13 Å². The number of rotatable bonds is 5. The van der Waals surface area contributed by atoms with E-state index in [1.54, 1.807) is 36.9 Å². The Morgan fingerprint density at radius 2 is 2.14 bits per heavy atom. The Morgan fingerprint density at radius 1 is 1.34 bits per heavy atom. The number of hydrogen-bond acceptors (Lipinski definition) is 7. The molecule has 3 aromatic rings. The molecule has 0 spiro atoms. The molecular weight excluding hydrogens is 484 g/mol. The molecule has 2 aromatic heterocycles. The van der Waals surface area contributed by atoms with E-state index in [9.17, 15) is 15.2 Å². The van der Waals surface area contributed by atoms with Crippen LogP contribution in [0.3, 0.4) is 0 Å². The second kappa shape index (κ2) is 10.3. The van der Waals surface area contributed by atoms with Gasteiger partial charge in [0, 0.05) is 30.9 Å². The van der Waals surface area contributed by atoms with Crippen LogP contribution in [0.1, 0.15) is 32.0 Å². The second-order valence-electron chi connectivity index (χ2n) is 8.95. The zero-order chi connectivity index (χ0) is 25.2. The third kappa shape index (κ3) is 5.80. The van der Waals surface area contributed by atoms with E-state index in [0.717, 1.165) is 28.1 Å². The molecule has 1 aliphatic rings. The number of amides is 2. The van der Waals surface area contributed by atoms with Crippen LogP contribution >= 0.6 is 22.9 Å². The van der Waals surface area contributed by atoms with Crippen molar-refractivity contribution in [1.82, 2.24) is 20.2 Å². The third-order valence-corrected chi connectivity index (χ3v) is 7.11. The van der Waals surface area contributed by atoms with Gasteiger partial charge in [-0.3, -0.25) is 5.32 Å². The molecule has 0 saturated carbocycles. The summed E-state index contributed by atoms with van der Waals surface area (Å²) in [6.07, 6.45) is 0.723. The Morgan fingerprint density at radius 3 is 2.86 bits per heavy atom. The van der Waals surface area contributed by atoms with Crippen LogP contribution in [-0.4, -0.2) is 57.3 Å². The summed E-state index contributed by atoms with van der Waals surface area (Å²) in [6, 6.07) is 12.6.